The van der Waals surface area contributed by atoms with Crippen LogP contribution in [0.15, 0.2) is 47.1 Å². The van der Waals surface area contributed by atoms with Crippen molar-refractivity contribution in [2.75, 3.05) is 31.1 Å². The number of piperidine rings is 1. The Bertz CT molecular complexity index is 1220. The molecule has 9 heteroatoms. The number of carbonyl (C=O) groups is 1. The Hall–Kier alpha value is -2.78. The zero-order chi connectivity index (χ0) is 25.9. The molecule has 192 valence electrons. The van der Waals surface area contributed by atoms with Crippen molar-refractivity contribution in [2.24, 2.45) is 0 Å². The van der Waals surface area contributed by atoms with Gasteiger partial charge in [-0.25, -0.2) is 13.6 Å². The molecule has 0 atom stereocenters. The fourth-order valence-electron chi connectivity index (χ4n) is 4.47. The van der Waals surface area contributed by atoms with Gasteiger partial charge in [-0.05, 0) is 69.5 Å². The molecular formula is C27H31BrF2N4O2. The van der Waals surface area contributed by atoms with Gasteiger partial charge in [0.1, 0.15) is 17.2 Å². The highest BCUT2D eigenvalue weighted by molar-refractivity contribution is 9.10. The highest BCUT2D eigenvalue weighted by Gasteiger charge is 2.24. The lowest BCUT2D eigenvalue weighted by molar-refractivity contribution is 0.0528. The van der Waals surface area contributed by atoms with Crippen LogP contribution >= 0.6 is 15.9 Å². The van der Waals surface area contributed by atoms with Crippen LogP contribution in [0.2, 0.25) is 0 Å². The number of ether oxygens (including phenoxy) is 1. The Labute approximate surface area is 218 Å². The number of nitrogens with one attached hydrogen (secondary N) is 2. The molecule has 0 unspecified atom stereocenters. The molecule has 0 bridgehead atoms. The molecule has 1 aliphatic rings. The van der Waals surface area contributed by atoms with Crippen LogP contribution in [0.1, 0.15) is 33.6 Å². The summed E-state index contributed by atoms with van der Waals surface area (Å²) in [7, 11) is 0. The first-order valence-corrected chi connectivity index (χ1v) is 12.9. The molecule has 2 N–H and O–H groups in total. The van der Waals surface area contributed by atoms with Crippen molar-refractivity contribution >= 4 is 38.6 Å². The molecule has 2 heterocycles. The number of benzene rings is 2. The van der Waals surface area contributed by atoms with E-state index in [1.165, 1.54) is 12.1 Å². The minimum Gasteiger partial charge on any atom is -0.444 e. The van der Waals surface area contributed by atoms with Gasteiger partial charge in [0.25, 0.3) is 0 Å². The van der Waals surface area contributed by atoms with Gasteiger partial charge in [-0.3, -0.25) is 4.98 Å². The van der Waals surface area contributed by atoms with Crippen molar-refractivity contribution in [3.8, 4) is 11.1 Å². The average molecular weight is 561 g/mol. The number of hydrogen-bond acceptors (Lipinski definition) is 5. The van der Waals surface area contributed by atoms with Crippen LogP contribution < -0.4 is 15.5 Å². The van der Waals surface area contributed by atoms with Crippen LogP contribution in [0.5, 0.6) is 0 Å². The zero-order valence-electron chi connectivity index (χ0n) is 20.7. The third kappa shape index (κ3) is 6.70. The quantitative estimate of drug-likeness (QED) is 0.360. The first kappa shape index (κ1) is 26.3. The van der Waals surface area contributed by atoms with Crippen molar-refractivity contribution < 1.29 is 18.3 Å². The van der Waals surface area contributed by atoms with E-state index in [2.05, 4.69) is 36.4 Å². The third-order valence-corrected chi connectivity index (χ3v) is 6.51. The van der Waals surface area contributed by atoms with Gasteiger partial charge in [-0.2, -0.15) is 0 Å². The van der Waals surface area contributed by atoms with Crippen molar-refractivity contribution in [1.82, 2.24) is 15.6 Å². The maximum absolute atomic E-state index is 14.1. The number of amides is 1. The number of rotatable bonds is 6. The highest BCUT2D eigenvalue weighted by atomic mass is 79.9. The van der Waals surface area contributed by atoms with Crippen LogP contribution in [0.25, 0.3) is 22.0 Å². The molecule has 4 rings (SSSR count). The molecule has 0 aliphatic carbocycles. The Morgan fingerprint density at radius 3 is 2.47 bits per heavy atom. The minimum absolute atomic E-state index is 0.302. The molecule has 0 saturated carbocycles. The van der Waals surface area contributed by atoms with Gasteiger partial charge in [0.2, 0.25) is 0 Å². The van der Waals surface area contributed by atoms with E-state index in [1.54, 1.807) is 6.20 Å². The monoisotopic (exact) mass is 560 g/mol. The summed E-state index contributed by atoms with van der Waals surface area (Å²) in [6, 6.07) is 9.75. The van der Waals surface area contributed by atoms with E-state index in [-0.39, 0.29) is 0 Å². The van der Waals surface area contributed by atoms with Crippen LogP contribution in [0, 0.1) is 11.6 Å². The number of fused-ring (bicyclic) bond motifs is 1. The number of nitrogens with zero attached hydrogens (tertiary/aromatic N) is 2. The lowest BCUT2D eigenvalue weighted by Gasteiger charge is -2.36. The van der Waals surface area contributed by atoms with Gasteiger partial charge in [-0.15, -0.1) is 0 Å². The lowest BCUT2D eigenvalue weighted by Crippen LogP contribution is -2.45. The number of halogens is 3. The summed E-state index contributed by atoms with van der Waals surface area (Å²) in [6.45, 7) is 8.16. The van der Waals surface area contributed by atoms with E-state index in [4.69, 9.17) is 4.74 Å². The Kier molecular flexibility index (Phi) is 8.10. The van der Waals surface area contributed by atoms with Gasteiger partial charge in [-0.1, -0.05) is 15.9 Å². The fourth-order valence-corrected chi connectivity index (χ4v) is 4.84. The van der Waals surface area contributed by atoms with Gasteiger partial charge in [0, 0.05) is 59.9 Å². The summed E-state index contributed by atoms with van der Waals surface area (Å²) < 4.78 is 34.3. The molecule has 1 aliphatic heterocycles. The van der Waals surface area contributed by atoms with E-state index in [1.807, 2.05) is 39.0 Å². The smallest absolute Gasteiger partial charge is 0.407 e. The van der Waals surface area contributed by atoms with Crippen molar-refractivity contribution in [1.29, 1.82) is 0 Å². The molecule has 6 nitrogen and oxygen atoms in total. The van der Waals surface area contributed by atoms with Gasteiger partial charge < -0.3 is 20.3 Å². The number of hydrogen-bond donors (Lipinski definition) is 2. The topological polar surface area (TPSA) is 66.5 Å². The Morgan fingerprint density at radius 1 is 1.11 bits per heavy atom. The first-order valence-electron chi connectivity index (χ1n) is 12.1. The third-order valence-electron chi connectivity index (χ3n) is 6.01. The second-order valence-corrected chi connectivity index (χ2v) is 10.9. The highest BCUT2D eigenvalue weighted by Crippen LogP contribution is 2.39. The van der Waals surface area contributed by atoms with Crippen molar-refractivity contribution in [3.63, 3.8) is 0 Å². The fraction of sp³-hybridized carbons (Fsp3) is 0.407. The standard InChI is InChI=1S/C27H31BrF2N4O2/c1-27(2,3)36-26(35)32-9-8-31-21-6-10-34(11-7-21)25-22-14-18(28)4-5-24(22)33-16-23(25)17-12-19(29)15-20(30)13-17/h4-5,12-16,21,31H,6-11H2,1-3H3,(H,32,35). The molecule has 1 saturated heterocycles. The molecule has 0 radical (unpaired) electrons. The summed E-state index contributed by atoms with van der Waals surface area (Å²) in [6.07, 6.45) is 3.06. The number of carbonyl (C=O) groups excluding carboxylic acids is 1. The predicted octanol–water partition coefficient (Wildman–Crippen LogP) is 6.03. The second kappa shape index (κ2) is 11.1. The Morgan fingerprint density at radius 2 is 1.81 bits per heavy atom. The van der Waals surface area contributed by atoms with Gasteiger partial charge >= 0.3 is 6.09 Å². The molecule has 36 heavy (non-hydrogen) atoms. The number of anilines is 1. The molecule has 2 aromatic carbocycles. The molecule has 1 amide bonds. The Balaban J connectivity index is 1.47. The van der Waals surface area contributed by atoms with E-state index < -0.39 is 23.3 Å². The molecule has 0 spiro atoms. The number of pyridine rings is 1. The molecular weight excluding hydrogens is 530 g/mol. The molecule has 1 aromatic heterocycles. The summed E-state index contributed by atoms with van der Waals surface area (Å²) in [5, 5.41) is 7.20. The SMILES string of the molecule is CC(C)(C)OC(=O)NCCNC1CCN(c2c(-c3cc(F)cc(F)c3)cnc3ccc(Br)cc23)CC1. The van der Waals surface area contributed by atoms with Crippen molar-refractivity contribution in [2.45, 2.75) is 45.3 Å². The minimum atomic E-state index is -0.617. The van der Waals surface area contributed by atoms with Crippen LogP contribution in [-0.4, -0.2) is 48.9 Å². The average Bonchev–Trinajstić information content (AvgIpc) is 2.80. The van der Waals surface area contributed by atoms with E-state index in [0.29, 0.717) is 30.3 Å². The van der Waals surface area contributed by atoms with Crippen molar-refractivity contribution in [3.05, 3.63) is 58.7 Å². The lowest BCUT2D eigenvalue weighted by atomic mass is 9.98. The van der Waals surface area contributed by atoms with Crippen LogP contribution in [0.4, 0.5) is 19.3 Å². The maximum atomic E-state index is 14.1. The maximum Gasteiger partial charge on any atom is 0.407 e. The van der Waals surface area contributed by atoms with E-state index in [9.17, 15) is 13.6 Å². The summed E-state index contributed by atoms with van der Waals surface area (Å²) >= 11 is 3.55. The first-order chi connectivity index (χ1) is 17.1. The zero-order valence-corrected chi connectivity index (χ0v) is 22.3. The predicted molar refractivity (Wildman–Crippen MR) is 142 cm³/mol. The van der Waals surface area contributed by atoms with E-state index >= 15 is 0 Å². The van der Waals surface area contributed by atoms with Gasteiger partial charge in [0.05, 0.1) is 11.2 Å². The van der Waals surface area contributed by atoms with Crippen LogP contribution in [-0.2, 0) is 4.74 Å². The number of alkyl carbamates (subject to hydrolysis) is 1. The number of aromatic nitrogens is 1. The van der Waals surface area contributed by atoms with Crippen LogP contribution in [0.3, 0.4) is 0 Å². The normalized spacial score (nSPS) is 14.8. The second-order valence-electron chi connectivity index (χ2n) is 9.98. The molecule has 1 fully saturated rings. The summed E-state index contributed by atoms with van der Waals surface area (Å²) in [5.41, 5.74) is 2.39. The summed E-state index contributed by atoms with van der Waals surface area (Å²) in [4.78, 5) is 18.6. The van der Waals surface area contributed by atoms with Gasteiger partial charge in [0.15, 0.2) is 0 Å². The summed E-state index contributed by atoms with van der Waals surface area (Å²) in [5.74, 6) is -1.23. The largest absolute Gasteiger partial charge is 0.444 e. The molecule has 3 aromatic rings. The van der Waals surface area contributed by atoms with E-state index in [0.717, 1.165) is 53.1 Å².